The number of anilines is 1. The molecule has 0 radical (unpaired) electrons. The smallest absolute Gasteiger partial charge is 0.408 e. The van der Waals surface area contributed by atoms with E-state index in [1.54, 1.807) is 12.4 Å². The summed E-state index contributed by atoms with van der Waals surface area (Å²) in [7, 11) is 0. The highest BCUT2D eigenvalue weighted by Gasteiger charge is 2.24. The van der Waals surface area contributed by atoms with E-state index in [2.05, 4.69) is 25.7 Å². The lowest BCUT2D eigenvalue weighted by molar-refractivity contribution is -0.118. The molecule has 188 valence electrons. The highest BCUT2D eigenvalue weighted by atomic mass is 16.5. The van der Waals surface area contributed by atoms with Crippen molar-refractivity contribution in [3.63, 3.8) is 0 Å². The van der Waals surface area contributed by atoms with Gasteiger partial charge in [0, 0.05) is 34.9 Å². The molecule has 5 rings (SSSR count). The van der Waals surface area contributed by atoms with Crippen LogP contribution in [0, 0.1) is 0 Å². The van der Waals surface area contributed by atoms with Gasteiger partial charge in [0.15, 0.2) is 5.65 Å². The quantitative estimate of drug-likeness (QED) is 0.281. The van der Waals surface area contributed by atoms with Gasteiger partial charge in [0.1, 0.15) is 12.6 Å². The van der Waals surface area contributed by atoms with Crippen LogP contribution in [0.3, 0.4) is 0 Å². The first-order chi connectivity index (χ1) is 18.0. The monoisotopic (exact) mass is 496 g/mol. The number of nitrogens with one attached hydrogen (secondary N) is 3. The number of aromatic amines is 1. The van der Waals surface area contributed by atoms with Crippen LogP contribution >= 0.6 is 0 Å². The van der Waals surface area contributed by atoms with Gasteiger partial charge in [0.2, 0.25) is 5.91 Å². The highest BCUT2D eigenvalue weighted by Crippen LogP contribution is 2.21. The lowest BCUT2D eigenvalue weighted by atomic mass is 10.0. The van der Waals surface area contributed by atoms with Crippen molar-refractivity contribution in [2.24, 2.45) is 0 Å². The molecule has 3 aromatic heterocycles. The molecule has 2 aromatic carbocycles. The number of aromatic nitrogens is 4. The minimum Gasteiger partial charge on any atom is -0.445 e. The van der Waals surface area contributed by atoms with Crippen molar-refractivity contribution in [1.82, 2.24) is 25.1 Å². The van der Waals surface area contributed by atoms with Crippen molar-refractivity contribution < 1.29 is 14.3 Å². The topological polar surface area (TPSA) is 114 Å². The molecule has 0 aliphatic rings. The van der Waals surface area contributed by atoms with Gasteiger partial charge in [-0.05, 0) is 37.1 Å². The first kappa shape index (κ1) is 24.1. The van der Waals surface area contributed by atoms with Crippen molar-refractivity contribution in [3.05, 3.63) is 90.4 Å². The maximum absolute atomic E-state index is 13.4. The first-order valence-corrected chi connectivity index (χ1v) is 12.1. The number of carbonyl (C=O) groups is 2. The number of ether oxygens (including phenoxy) is 1. The minimum atomic E-state index is -0.878. The fourth-order valence-corrected chi connectivity index (χ4v) is 4.25. The van der Waals surface area contributed by atoms with Crippen LogP contribution in [-0.4, -0.2) is 37.8 Å². The first-order valence-electron chi connectivity index (χ1n) is 12.1. The summed E-state index contributed by atoms with van der Waals surface area (Å²) >= 11 is 0. The van der Waals surface area contributed by atoms with Gasteiger partial charge in [-0.1, -0.05) is 48.5 Å². The third-order valence-electron chi connectivity index (χ3n) is 6.11. The van der Waals surface area contributed by atoms with E-state index in [4.69, 9.17) is 4.74 Å². The van der Waals surface area contributed by atoms with Crippen LogP contribution in [0.1, 0.15) is 31.0 Å². The molecule has 9 nitrogen and oxygen atoms in total. The molecule has 0 fully saturated rings. The molecule has 0 aliphatic heterocycles. The van der Waals surface area contributed by atoms with Crippen LogP contribution in [0.2, 0.25) is 0 Å². The predicted octanol–water partition coefficient (Wildman–Crippen LogP) is 4.97. The Hall–Kier alpha value is -4.66. The lowest BCUT2D eigenvalue weighted by Gasteiger charge is -2.18. The zero-order chi connectivity index (χ0) is 25.8. The largest absolute Gasteiger partial charge is 0.445 e. The van der Waals surface area contributed by atoms with Crippen LogP contribution in [0.4, 0.5) is 10.5 Å². The third-order valence-corrected chi connectivity index (χ3v) is 6.11. The number of carbonyl (C=O) groups excluding carboxylic acids is 2. The standard InChI is InChI=1S/C28H28N6O3/c1-18(2)34-26-21(15-31-34)12-22(16-30-26)32-27(35)25(13-20-14-29-24-11-7-6-10-23(20)24)33-28(36)37-17-19-8-4-3-5-9-19/h3-12,14-16,18,25,29H,13,17H2,1-2H3,(H,32,35)(H,33,36)/t25-/m0/s1. The number of amides is 2. The van der Waals surface area contributed by atoms with E-state index in [-0.39, 0.29) is 25.0 Å². The number of hydrogen-bond donors (Lipinski definition) is 3. The SMILES string of the molecule is CC(C)n1ncc2cc(NC(=O)[C@H](Cc3c[nH]c4ccccc34)NC(=O)OCc3ccccc3)cnc21. The predicted molar refractivity (Wildman–Crippen MR) is 142 cm³/mol. The number of fused-ring (bicyclic) bond motifs is 2. The Balaban J connectivity index is 1.34. The lowest BCUT2D eigenvalue weighted by Crippen LogP contribution is -2.45. The maximum atomic E-state index is 13.4. The van der Waals surface area contributed by atoms with Gasteiger partial charge in [0.05, 0.1) is 18.1 Å². The number of hydrogen-bond acceptors (Lipinski definition) is 5. The van der Waals surface area contributed by atoms with E-state index in [1.807, 2.05) is 85.4 Å². The van der Waals surface area contributed by atoms with Crippen molar-refractivity contribution in [3.8, 4) is 0 Å². The fourth-order valence-electron chi connectivity index (χ4n) is 4.25. The maximum Gasteiger partial charge on any atom is 0.408 e. The van der Waals surface area contributed by atoms with E-state index in [0.717, 1.165) is 33.1 Å². The zero-order valence-electron chi connectivity index (χ0n) is 20.6. The van der Waals surface area contributed by atoms with Gasteiger partial charge < -0.3 is 20.4 Å². The molecule has 37 heavy (non-hydrogen) atoms. The van der Waals surface area contributed by atoms with Crippen LogP contribution in [-0.2, 0) is 22.6 Å². The summed E-state index contributed by atoms with van der Waals surface area (Å²) in [5, 5.41) is 11.8. The number of para-hydroxylation sites is 1. The Bertz CT molecular complexity index is 1540. The highest BCUT2D eigenvalue weighted by molar-refractivity contribution is 5.98. The second kappa shape index (κ2) is 10.5. The van der Waals surface area contributed by atoms with Crippen LogP contribution in [0.25, 0.3) is 21.9 Å². The van der Waals surface area contributed by atoms with Gasteiger partial charge in [0.25, 0.3) is 0 Å². The molecule has 0 saturated carbocycles. The van der Waals surface area contributed by atoms with Crippen LogP contribution < -0.4 is 10.6 Å². The number of rotatable bonds is 8. The van der Waals surface area contributed by atoms with Crippen LogP contribution in [0.5, 0.6) is 0 Å². The van der Waals surface area contributed by atoms with Crippen molar-refractivity contribution in [2.45, 2.75) is 39.0 Å². The van der Waals surface area contributed by atoms with Gasteiger partial charge in [-0.25, -0.2) is 14.5 Å². The summed E-state index contributed by atoms with van der Waals surface area (Å²) in [6.45, 7) is 4.16. The van der Waals surface area contributed by atoms with Gasteiger partial charge >= 0.3 is 6.09 Å². The average Bonchev–Trinajstić information content (AvgIpc) is 3.52. The number of H-pyrrole nitrogens is 1. The van der Waals surface area contributed by atoms with E-state index in [9.17, 15) is 9.59 Å². The van der Waals surface area contributed by atoms with Crippen molar-refractivity contribution >= 4 is 39.6 Å². The van der Waals surface area contributed by atoms with E-state index < -0.39 is 12.1 Å². The van der Waals surface area contributed by atoms with Crippen molar-refractivity contribution in [1.29, 1.82) is 0 Å². The summed E-state index contributed by atoms with van der Waals surface area (Å²) in [5.74, 6) is -0.376. The molecular formula is C28H28N6O3. The number of benzene rings is 2. The molecule has 5 aromatic rings. The Labute approximate surface area is 213 Å². The summed E-state index contributed by atoms with van der Waals surface area (Å²) in [6, 6.07) is 18.3. The average molecular weight is 497 g/mol. The number of pyridine rings is 1. The molecule has 0 unspecified atom stereocenters. The summed E-state index contributed by atoms with van der Waals surface area (Å²) in [4.78, 5) is 33.8. The minimum absolute atomic E-state index is 0.106. The summed E-state index contributed by atoms with van der Waals surface area (Å²) < 4.78 is 7.21. The Morgan fingerprint density at radius 2 is 1.84 bits per heavy atom. The van der Waals surface area contributed by atoms with E-state index in [0.29, 0.717) is 5.69 Å². The van der Waals surface area contributed by atoms with E-state index >= 15 is 0 Å². The van der Waals surface area contributed by atoms with Gasteiger partial charge in [-0.15, -0.1) is 0 Å². The van der Waals surface area contributed by atoms with Crippen molar-refractivity contribution in [2.75, 3.05) is 5.32 Å². The fraction of sp³-hybridized carbons (Fsp3) is 0.214. The number of nitrogens with zero attached hydrogens (tertiary/aromatic N) is 3. The van der Waals surface area contributed by atoms with Gasteiger partial charge in [-0.3, -0.25) is 4.79 Å². The van der Waals surface area contributed by atoms with Gasteiger partial charge in [-0.2, -0.15) is 5.10 Å². The molecule has 0 spiro atoms. The Morgan fingerprint density at radius 1 is 1.05 bits per heavy atom. The summed E-state index contributed by atoms with van der Waals surface area (Å²) in [6.07, 6.45) is 4.78. The molecule has 3 N–H and O–H groups in total. The Morgan fingerprint density at radius 3 is 2.65 bits per heavy atom. The second-order valence-electron chi connectivity index (χ2n) is 9.13. The molecule has 0 aliphatic carbocycles. The molecule has 0 saturated heterocycles. The molecule has 9 heteroatoms. The molecule has 3 heterocycles. The second-order valence-corrected chi connectivity index (χ2v) is 9.13. The Kier molecular flexibility index (Phi) is 6.85. The molecular weight excluding hydrogens is 468 g/mol. The molecule has 1 atom stereocenters. The zero-order valence-corrected chi connectivity index (χ0v) is 20.6. The molecule has 0 bridgehead atoms. The van der Waals surface area contributed by atoms with Crippen LogP contribution in [0.15, 0.2) is 79.3 Å². The van der Waals surface area contributed by atoms with E-state index in [1.165, 1.54) is 0 Å². The third kappa shape index (κ3) is 5.45. The summed E-state index contributed by atoms with van der Waals surface area (Å²) in [5.41, 5.74) is 3.98. The molecule has 2 amide bonds. The normalized spacial score (nSPS) is 12.1. The number of alkyl carbamates (subject to hydrolysis) is 1.